The highest BCUT2D eigenvalue weighted by atomic mass is 32.2. The highest BCUT2D eigenvalue weighted by molar-refractivity contribution is 7.91. The van der Waals surface area contributed by atoms with E-state index in [0.717, 1.165) is 5.56 Å². The number of hydrogen-bond acceptors (Lipinski definition) is 6. The first-order chi connectivity index (χ1) is 13.5. The molecule has 0 radical (unpaired) electrons. The van der Waals surface area contributed by atoms with Gasteiger partial charge in [-0.15, -0.1) is 0 Å². The zero-order valence-corrected chi connectivity index (χ0v) is 18.6. The molecule has 0 saturated carbocycles. The molecule has 2 rings (SSSR count). The molecule has 1 aromatic rings. The van der Waals surface area contributed by atoms with Gasteiger partial charge in [0.05, 0.1) is 11.5 Å². The van der Waals surface area contributed by atoms with Crippen molar-refractivity contribution in [1.29, 1.82) is 0 Å². The number of sulfone groups is 1. The summed E-state index contributed by atoms with van der Waals surface area (Å²) in [7, 11) is -1.32. The van der Waals surface area contributed by atoms with E-state index in [4.69, 9.17) is 4.74 Å². The minimum atomic E-state index is -3.03. The fraction of sp³-hybridized carbons (Fsp3) is 0.619. The van der Waals surface area contributed by atoms with E-state index in [1.807, 2.05) is 56.0 Å². The number of amides is 1. The Bertz CT molecular complexity index is 788. The molecule has 0 aliphatic carbocycles. The summed E-state index contributed by atoms with van der Waals surface area (Å²) in [5.74, 6) is -0.253. The first-order valence-corrected chi connectivity index (χ1v) is 11.8. The predicted octanol–water partition coefficient (Wildman–Crippen LogP) is 2.04. The fourth-order valence-electron chi connectivity index (χ4n) is 3.30. The lowest BCUT2D eigenvalue weighted by molar-refractivity contribution is -0.155. The molecule has 7 nitrogen and oxygen atoms in total. The molecular formula is C21H32N2O5S. The highest BCUT2D eigenvalue weighted by Crippen LogP contribution is 2.25. The molecule has 162 valence electrons. The molecule has 0 spiro atoms. The molecule has 29 heavy (non-hydrogen) atoms. The third kappa shape index (κ3) is 7.44. The number of hydrogen-bond donors (Lipinski definition) is 0. The molecule has 1 saturated heterocycles. The summed E-state index contributed by atoms with van der Waals surface area (Å²) in [6.07, 6.45) is 0.750. The minimum absolute atomic E-state index is 0.0615. The Morgan fingerprint density at radius 1 is 1.14 bits per heavy atom. The largest absolute Gasteiger partial charge is 0.460 e. The lowest BCUT2D eigenvalue weighted by Crippen LogP contribution is -2.48. The summed E-state index contributed by atoms with van der Waals surface area (Å²) in [5, 5.41) is 0. The molecule has 1 amide bonds. The summed E-state index contributed by atoms with van der Waals surface area (Å²) in [5.41, 5.74) is 0.321. The molecule has 0 N–H and O–H groups in total. The zero-order chi connectivity index (χ0) is 21.7. The van der Waals surface area contributed by atoms with E-state index in [1.54, 1.807) is 11.9 Å². The van der Waals surface area contributed by atoms with Crippen LogP contribution in [0.1, 0.15) is 45.2 Å². The first-order valence-electron chi connectivity index (χ1n) is 9.95. The average Bonchev–Trinajstić information content (AvgIpc) is 2.62. The topological polar surface area (TPSA) is 84.0 Å². The maximum atomic E-state index is 13.2. The van der Waals surface area contributed by atoms with Crippen LogP contribution in [0.15, 0.2) is 30.3 Å². The van der Waals surface area contributed by atoms with Crippen LogP contribution < -0.4 is 0 Å². The lowest BCUT2D eigenvalue weighted by Gasteiger charge is -2.35. The van der Waals surface area contributed by atoms with Gasteiger partial charge in [-0.25, -0.2) is 8.42 Å². The van der Waals surface area contributed by atoms with Crippen molar-refractivity contribution in [3.05, 3.63) is 35.9 Å². The van der Waals surface area contributed by atoms with Gasteiger partial charge in [0.2, 0.25) is 5.91 Å². The Balaban J connectivity index is 2.02. The Hall–Kier alpha value is -1.93. The number of likely N-dealkylation sites (N-methyl/N-ethyl adjacent to an activating group) is 1. The van der Waals surface area contributed by atoms with Crippen LogP contribution in [-0.2, 0) is 24.2 Å². The zero-order valence-electron chi connectivity index (χ0n) is 17.8. The van der Waals surface area contributed by atoms with E-state index >= 15 is 0 Å². The lowest BCUT2D eigenvalue weighted by atomic mass is 10.0. The number of carbonyl (C=O) groups excluding carboxylic acids is 2. The second-order valence-corrected chi connectivity index (χ2v) is 10.8. The summed E-state index contributed by atoms with van der Waals surface area (Å²) in [6, 6.07) is 8.88. The van der Waals surface area contributed by atoms with Crippen molar-refractivity contribution in [3.63, 3.8) is 0 Å². The Kier molecular flexibility index (Phi) is 7.82. The van der Waals surface area contributed by atoms with Crippen LogP contribution in [0.2, 0.25) is 0 Å². The van der Waals surface area contributed by atoms with Crippen LogP contribution in [0.25, 0.3) is 0 Å². The molecule has 1 heterocycles. The normalized spacial score (nSPS) is 18.1. The van der Waals surface area contributed by atoms with Crippen LogP contribution >= 0.6 is 0 Å². The number of ether oxygens (including phenoxy) is 1. The predicted molar refractivity (Wildman–Crippen MR) is 112 cm³/mol. The maximum absolute atomic E-state index is 13.2. The van der Waals surface area contributed by atoms with Gasteiger partial charge in [-0.05, 0) is 32.8 Å². The summed E-state index contributed by atoms with van der Waals surface area (Å²) >= 11 is 0. The molecule has 1 fully saturated rings. The molecule has 1 unspecified atom stereocenters. The number of esters is 1. The van der Waals surface area contributed by atoms with Gasteiger partial charge in [-0.3, -0.25) is 14.5 Å². The Morgan fingerprint density at radius 2 is 1.72 bits per heavy atom. The van der Waals surface area contributed by atoms with E-state index in [1.165, 1.54) is 0 Å². The monoisotopic (exact) mass is 424 g/mol. The molecule has 1 aliphatic heterocycles. The SMILES string of the molecule is CN(CCCC(=O)OC(C)(C)C)C(=O)C(c1ccccc1)N1CCS(=O)(=O)CC1. The Morgan fingerprint density at radius 3 is 2.28 bits per heavy atom. The van der Waals surface area contributed by atoms with Gasteiger partial charge in [-0.2, -0.15) is 0 Å². The van der Waals surface area contributed by atoms with Crippen LogP contribution in [0.3, 0.4) is 0 Å². The number of carbonyl (C=O) groups is 2. The van der Waals surface area contributed by atoms with Gasteiger partial charge < -0.3 is 9.64 Å². The van der Waals surface area contributed by atoms with Crippen molar-refractivity contribution in [2.24, 2.45) is 0 Å². The molecular weight excluding hydrogens is 392 g/mol. The summed E-state index contributed by atoms with van der Waals surface area (Å²) in [6.45, 7) is 6.56. The van der Waals surface area contributed by atoms with Gasteiger partial charge in [0.15, 0.2) is 9.84 Å². The van der Waals surface area contributed by atoms with E-state index in [0.29, 0.717) is 26.1 Å². The van der Waals surface area contributed by atoms with E-state index < -0.39 is 21.5 Å². The number of rotatable bonds is 7. The summed E-state index contributed by atoms with van der Waals surface area (Å²) in [4.78, 5) is 28.7. The molecule has 0 aromatic heterocycles. The second-order valence-electron chi connectivity index (χ2n) is 8.45. The second kappa shape index (κ2) is 9.71. The highest BCUT2D eigenvalue weighted by Gasteiger charge is 2.34. The molecule has 8 heteroatoms. The van der Waals surface area contributed by atoms with E-state index in [2.05, 4.69) is 0 Å². The van der Waals surface area contributed by atoms with Crippen LogP contribution in [0, 0.1) is 0 Å². The van der Waals surface area contributed by atoms with Crippen molar-refractivity contribution in [1.82, 2.24) is 9.80 Å². The Labute approximate surface area is 173 Å². The molecule has 1 aromatic carbocycles. The first kappa shape index (κ1) is 23.3. The third-order valence-electron chi connectivity index (χ3n) is 4.76. The fourth-order valence-corrected chi connectivity index (χ4v) is 4.53. The van der Waals surface area contributed by atoms with Gasteiger partial charge in [0.1, 0.15) is 11.6 Å². The smallest absolute Gasteiger partial charge is 0.306 e. The van der Waals surface area contributed by atoms with Crippen LogP contribution in [0.5, 0.6) is 0 Å². The van der Waals surface area contributed by atoms with Gasteiger partial charge >= 0.3 is 5.97 Å². The maximum Gasteiger partial charge on any atom is 0.306 e. The van der Waals surface area contributed by atoms with Crippen molar-refractivity contribution < 1.29 is 22.7 Å². The van der Waals surface area contributed by atoms with Crippen LogP contribution in [0.4, 0.5) is 0 Å². The van der Waals surface area contributed by atoms with Crippen molar-refractivity contribution in [2.75, 3.05) is 38.2 Å². The third-order valence-corrected chi connectivity index (χ3v) is 6.37. The average molecular weight is 425 g/mol. The molecule has 1 aliphatic rings. The van der Waals surface area contributed by atoms with E-state index in [9.17, 15) is 18.0 Å². The minimum Gasteiger partial charge on any atom is -0.460 e. The molecule has 1 atom stereocenters. The van der Waals surface area contributed by atoms with Crippen molar-refractivity contribution in [2.45, 2.75) is 45.3 Å². The quantitative estimate of drug-likeness (QED) is 0.623. The number of benzene rings is 1. The van der Waals surface area contributed by atoms with Crippen molar-refractivity contribution in [3.8, 4) is 0 Å². The van der Waals surface area contributed by atoms with Gasteiger partial charge in [0, 0.05) is 33.1 Å². The standard InChI is InChI=1S/C21H32N2O5S/c1-21(2,3)28-18(24)11-8-12-22(4)20(25)19(17-9-6-5-7-10-17)23-13-15-29(26,27)16-14-23/h5-7,9-10,19H,8,11-16H2,1-4H3. The number of nitrogens with zero attached hydrogens (tertiary/aromatic N) is 2. The van der Waals surface area contributed by atoms with Gasteiger partial charge in [0.25, 0.3) is 0 Å². The van der Waals surface area contributed by atoms with Crippen molar-refractivity contribution >= 4 is 21.7 Å². The van der Waals surface area contributed by atoms with Crippen LogP contribution in [-0.4, -0.2) is 73.9 Å². The van der Waals surface area contributed by atoms with Gasteiger partial charge in [-0.1, -0.05) is 30.3 Å². The van der Waals surface area contributed by atoms with E-state index in [-0.39, 0.29) is 29.8 Å². The summed E-state index contributed by atoms with van der Waals surface area (Å²) < 4.78 is 28.9. The molecule has 0 bridgehead atoms.